The van der Waals surface area contributed by atoms with Gasteiger partial charge in [-0.3, -0.25) is 9.59 Å². The van der Waals surface area contributed by atoms with Gasteiger partial charge < -0.3 is 14.2 Å². The van der Waals surface area contributed by atoms with Crippen LogP contribution in [0.4, 0.5) is 0 Å². The number of hydrogen-bond acceptors (Lipinski definition) is 6. The number of esters is 1. The van der Waals surface area contributed by atoms with Gasteiger partial charge in [-0.2, -0.15) is 8.42 Å². The average molecular weight is 343 g/mol. The Labute approximate surface area is 136 Å². The highest BCUT2D eigenvalue weighted by Crippen LogP contribution is 2.18. The zero-order valence-electron chi connectivity index (χ0n) is 13.4. The standard InChI is InChI=1S/C15H21NO6S/c1-11(17)16-10-13(9-15(18)21-2)8-12-4-6-14(7-5-12)22-23(3,19)20/h4-7,13H,8-10H2,1-3H3,(H,16,17). The molecule has 7 nitrogen and oxygen atoms in total. The highest BCUT2D eigenvalue weighted by atomic mass is 32.2. The van der Waals surface area contributed by atoms with Gasteiger partial charge >= 0.3 is 16.1 Å². The third-order valence-corrected chi connectivity index (χ3v) is 3.51. The second kappa shape index (κ2) is 8.52. The summed E-state index contributed by atoms with van der Waals surface area (Å²) in [5.74, 6) is -0.412. The van der Waals surface area contributed by atoms with Crippen molar-refractivity contribution in [1.82, 2.24) is 5.32 Å². The van der Waals surface area contributed by atoms with Crippen LogP contribution in [0.5, 0.6) is 5.75 Å². The molecule has 0 aliphatic heterocycles. The Kier molecular flexibility index (Phi) is 7.02. The number of amides is 1. The monoisotopic (exact) mass is 343 g/mol. The molecular weight excluding hydrogens is 322 g/mol. The van der Waals surface area contributed by atoms with Gasteiger partial charge in [0.05, 0.1) is 19.8 Å². The minimum Gasteiger partial charge on any atom is -0.469 e. The molecule has 1 unspecified atom stereocenters. The molecule has 1 amide bonds. The Hall–Kier alpha value is -2.09. The Balaban J connectivity index is 2.73. The van der Waals surface area contributed by atoms with Crippen molar-refractivity contribution >= 4 is 22.0 Å². The summed E-state index contributed by atoms with van der Waals surface area (Å²) in [5, 5.41) is 2.69. The first-order valence-electron chi connectivity index (χ1n) is 6.99. The van der Waals surface area contributed by atoms with E-state index in [1.807, 2.05) is 0 Å². The quantitative estimate of drug-likeness (QED) is 0.556. The van der Waals surface area contributed by atoms with Crippen LogP contribution >= 0.6 is 0 Å². The van der Waals surface area contributed by atoms with Gasteiger partial charge in [0.1, 0.15) is 5.75 Å². The molecule has 0 saturated heterocycles. The molecule has 0 aliphatic carbocycles. The molecule has 128 valence electrons. The smallest absolute Gasteiger partial charge is 0.306 e. The van der Waals surface area contributed by atoms with E-state index in [0.29, 0.717) is 13.0 Å². The zero-order chi connectivity index (χ0) is 17.5. The van der Waals surface area contributed by atoms with Crippen LogP contribution < -0.4 is 9.50 Å². The molecule has 1 aromatic rings. The molecule has 1 rings (SSSR count). The fourth-order valence-electron chi connectivity index (χ4n) is 2.01. The van der Waals surface area contributed by atoms with Gasteiger partial charge in [-0.15, -0.1) is 0 Å². The van der Waals surface area contributed by atoms with E-state index in [4.69, 9.17) is 4.18 Å². The number of carbonyl (C=O) groups excluding carboxylic acids is 2. The average Bonchev–Trinajstić information content (AvgIpc) is 2.45. The van der Waals surface area contributed by atoms with Gasteiger partial charge in [0.25, 0.3) is 0 Å². The number of nitrogens with one attached hydrogen (secondary N) is 1. The number of methoxy groups -OCH3 is 1. The first kappa shape index (κ1) is 19.0. The van der Waals surface area contributed by atoms with E-state index in [9.17, 15) is 18.0 Å². The minimum atomic E-state index is -3.56. The van der Waals surface area contributed by atoms with Crippen molar-refractivity contribution in [2.24, 2.45) is 5.92 Å². The molecular formula is C15H21NO6S. The lowest BCUT2D eigenvalue weighted by Gasteiger charge is -2.16. The van der Waals surface area contributed by atoms with Crippen molar-refractivity contribution < 1.29 is 26.9 Å². The van der Waals surface area contributed by atoms with Gasteiger partial charge in [-0.05, 0) is 30.0 Å². The fraction of sp³-hybridized carbons (Fsp3) is 0.467. The molecule has 1 N–H and O–H groups in total. The van der Waals surface area contributed by atoms with Gasteiger partial charge in [0.2, 0.25) is 5.91 Å². The maximum atomic E-state index is 11.4. The van der Waals surface area contributed by atoms with Crippen molar-refractivity contribution in [1.29, 1.82) is 0 Å². The molecule has 0 fully saturated rings. The lowest BCUT2D eigenvalue weighted by Crippen LogP contribution is -2.29. The summed E-state index contributed by atoms with van der Waals surface area (Å²) in [6.07, 6.45) is 1.69. The summed E-state index contributed by atoms with van der Waals surface area (Å²) in [6, 6.07) is 6.53. The van der Waals surface area contributed by atoms with Gasteiger partial charge in [0, 0.05) is 13.5 Å². The molecule has 0 bridgehead atoms. The molecule has 0 aliphatic rings. The van der Waals surface area contributed by atoms with Crippen LogP contribution in [-0.4, -0.2) is 40.2 Å². The normalized spacial score (nSPS) is 12.3. The van der Waals surface area contributed by atoms with Gasteiger partial charge in [-0.1, -0.05) is 12.1 Å². The summed E-state index contributed by atoms with van der Waals surface area (Å²) in [7, 11) is -2.24. The first-order valence-corrected chi connectivity index (χ1v) is 8.81. The molecule has 0 saturated carbocycles. The van der Waals surface area contributed by atoms with E-state index in [0.717, 1.165) is 11.8 Å². The number of benzene rings is 1. The number of ether oxygens (including phenoxy) is 1. The van der Waals surface area contributed by atoms with Gasteiger partial charge in [0.15, 0.2) is 0 Å². The highest BCUT2D eigenvalue weighted by Gasteiger charge is 2.16. The summed E-state index contributed by atoms with van der Waals surface area (Å²) in [6.45, 7) is 1.76. The van der Waals surface area contributed by atoms with Crippen LogP contribution in [0.1, 0.15) is 18.9 Å². The van der Waals surface area contributed by atoms with E-state index < -0.39 is 10.1 Å². The fourth-order valence-corrected chi connectivity index (χ4v) is 2.47. The summed E-state index contributed by atoms with van der Waals surface area (Å²) in [5.41, 5.74) is 0.894. The zero-order valence-corrected chi connectivity index (χ0v) is 14.2. The van der Waals surface area contributed by atoms with Crippen LogP contribution in [-0.2, 0) is 30.9 Å². The topological polar surface area (TPSA) is 98.8 Å². The third-order valence-electron chi connectivity index (χ3n) is 3.02. The largest absolute Gasteiger partial charge is 0.469 e. The Morgan fingerprint density at radius 3 is 2.30 bits per heavy atom. The SMILES string of the molecule is COC(=O)CC(CNC(C)=O)Cc1ccc(OS(C)(=O)=O)cc1. The molecule has 1 atom stereocenters. The predicted molar refractivity (Wildman–Crippen MR) is 84.4 cm³/mol. The number of rotatable bonds is 8. The Morgan fingerprint density at radius 1 is 1.22 bits per heavy atom. The second-order valence-electron chi connectivity index (χ2n) is 5.22. The predicted octanol–water partition coefficient (Wildman–Crippen LogP) is 0.883. The lowest BCUT2D eigenvalue weighted by atomic mass is 9.96. The summed E-state index contributed by atoms with van der Waals surface area (Å²) in [4.78, 5) is 22.5. The molecule has 8 heteroatoms. The van der Waals surface area contributed by atoms with Crippen LogP contribution in [0.15, 0.2) is 24.3 Å². The van der Waals surface area contributed by atoms with Crippen molar-refractivity contribution in [3.05, 3.63) is 29.8 Å². The molecule has 23 heavy (non-hydrogen) atoms. The molecule has 0 radical (unpaired) electrons. The van der Waals surface area contributed by atoms with Crippen LogP contribution in [0.3, 0.4) is 0 Å². The number of hydrogen-bond donors (Lipinski definition) is 1. The Bertz CT molecular complexity index is 638. The lowest BCUT2D eigenvalue weighted by molar-refractivity contribution is -0.141. The maximum Gasteiger partial charge on any atom is 0.306 e. The van der Waals surface area contributed by atoms with E-state index in [1.54, 1.807) is 24.3 Å². The second-order valence-corrected chi connectivity index (χ2v) is 6.79. The molecule has 0 heterocycles. The molecule has 0 aromatic heterocycles. The number of carbonyl (C=O) groups is 2. The van der Waals surface area contributed by atoms with Crippen molar-refractivity contribution in [2.75, 3.05) is 19.9 Å². The van der Waals surface area contributed by atoms with Crippen molar-refractivity contribution in [3.8, 4) is 5.75 Å². The third kappa shape index (κ3) is 8.20. The first-order chi connectivity index (χ1) is 10.7. The Morgan fingerprint density at radius 2 is 1.83 bits per heavy atom. The van der Waals surface area contributed by atoms with Crippen molar-refractivity contribution in [3.63, 3.8) is 0 Å². The van der Waals surface area contributed by atoms with Crippen LogP contribution in [0.2, 0.25) is 0 Å². The minimum absolute atomic E-state index is 0.118. The van der Waals surface area contributed by atoms with E-state index >= 15 is 0 Å². The van der Waals surface area contributed by atoms with E-state index in [1.165, 1.54) is 14.0 Å². The summed E-state index contributed by atoms with van der Waals surface area (Å²) < 4.78 is 31.5. The maximum absolute atomic E-state index is 11.4. The van der Waals surface area contributed by atoms with Crippen molar-refractivity contribution in [2.45, 2.75) is 19.8 Å². The summed E-state index contributed by atoms with van der Waals surface area (Å²) >= 11 is 0. The van der Waals surface area contributed by atoms with Crippen LogP contribution in [0, 0.1) is 5.92 Å². The molecule has 1 aromatic carbocycles. The van der Waals surface area contributed by atoms with E-state index in [2.05, 4.69) is 10.1 Å². The van der Waals surface area contributed by atoms with E-state index in [-0.39, 0.29) is 30.0 Å². The van der Waals surface area contributed by atoms with Gasteiger partial charge in [-0.25, -0.2) is 0 Å². The molecule has 0 spiro atoms. The highest BCUT2D eigenvalue weighted by molar-refractivity contribution is 7.86. The van der Waals surface area contributed by atoms with Crippen LogP contribution in [0.25, 0.3) is 0 Å².